The second-order valence-corrected chi connectivity index (χ2v) is 6.46. The summed E-state index contributed by atoms with van der Waals surface area (Å²) in [7, 11) is 1.59. The number of amides is 2. The van der Waals surface area contributed by atoms with Crippen molar-refractivity contribution >= 4 is 11.8 Å². The van der Waals surface area contributed by atoms with Gasteiger partial charge in [0.1, 0.15) is 19.0 Å². The molecule has 7 nitrogen and oxygen atoms in total. The van der Waals surface area contributed by atoms with E-state index in [0.29, 0.717) is 19.5 Å². The fourth-order valence-electron chi connectivity index (χ4n) is 2.95. The quantitative estimate of drug-likeness (QED) is 0.663. The Morgan fingerprint density at radius 3 is 2.46 bits per heavy atom. The number of carbonyl (C=O) groups is 2. The van der Waals surface area contributed by atoms with E-state index in [1.165, 1.54) is 0 Å². The van der Waals surface area contributed by atoms with Gasteiger partial charge in [-0.15, -0.1) is 0 Å². The highest BCUT2D eigenvalue weighted by Crippen LogP contribution is 2.18. The van der Waals surface area contributed by atoms with Gasteiger partial charge in [-0.25, -0.2) is 0 Å². The van der Waals surface area contributed by atoms with Gasteiger partial charge in [-0.3, -0.25) is 9.59 Å². The van der Waals surface area contributed by atoms with Crippen molar-refractivity contribution in [3.63, 3.8) is 0 Å². The van der Waals surface area contributed by atoms with Crippen molar-refractivity contribution < 1.29 is 23.8 Å². The van der Waals surface area contributed by atoms with E-state index in [2.05, 4.69) is 0 Å². The molecule has 1 saturated heterocycles. The van der Waals surface area contributed by atoms with Gasteiger partial charge in [0.2, 0.25) is 5.91 Å². The number of hydrogen-bond acceptors (Lipinski definition) is 5. The fraction of sp³-hybridized carbons (Fsp3) is 0.579. The smallest absolute Gasteiger partial charge is 0.252 e. The summed E-state index contributed by atoms with van der Waals surface area (Å²) in [6.45, 7) is 3.01. The van der Waals surface area contributed by atoms with Crippen molar-refractivity contribution in [2.75, 3.05) is 27.0 Å². The van der Waals surface area contributed by atoms with E-state index >= 15 is 0 Å². The third kappa shape index (κ3) is 6.09. The van der Waals surface area contributed by atoms with E-state index in [-0.39, 0.29) is 18.8 Å². The molecule has 0 radical (unpaired) electrons. The largest absolute Gasteiger partial charge is 0.367 e. The van der Waals surface area contributed by atoms with Crippen molar-refractivity contribution in [2.45, 2.75) is 44.5 Å². The van der Waals surface area contributed by atoms with Gasteiger partial charge in [0.25, 0.3) is 5.91 Å². The Morgan fingerprint density at radius 2 is 1.88 bits per heavy atom. The van der Waals surface area contributed by atoms with E-state index in [9.17, 15) is 9.59 Å². The van der Waals surface area contributed by atoms with Crippen LogP contribution in [0.5, 0.6) is 0 Å². The summed E-state index contributed by atoms with van der Waals surface area (Å²) in [5.41, 5.74) is 6.28. The molecule has 1 aromatic carbocycles. The molecule has 1 aliphatic heterocycles. The Labute approximate surface area is 154 Å². The lowest BCUT2D eigenvalue weighted by Crippen LogP contribution is -2.48. The summed E-state index contributed by atoms with van der Waals surface area (Å²) in [5, 5.41) is 0. The number of nitrogens with two attached hydrogens (primary N) is 1. The Hall–Kier alpha value is -1.96. The molecule has 1 fully saturated rings. The van der Waals surface area contributed by atoms with Gasteiger partial charge in [-0.2, -0.15) is 0 Å². The van der Waals surface area contributed by atoms with Crippen LogP contribution in [0, 0.1) is 0 Å². The topological polar surface area (TPSA) is 91.1 Å². The Balaban J connectivity index is 1.99. The summed E-state index contributed by atoms with van der Waals surface area (Å²) in [4.78, 5) is 26.1. The number of likely N-dealkylation sites (tertiary alicyclic amines) is 1. The second kappa shape index (κ2) is 10.3. The minimum absolute atomic E-state index is 0.0945. The number of primary amides is 1. The summed E-state index contributed by atoms with van der Waals surface area (Å²) in [6, 6.07) is 9.60. The number of hydrogen-bond donors (Lipinski definition) is 1. The molecule has 0 saturated carbocycles. The average Bonchev–Trinajstić information content (AvgIpc) is 2.66. The lowest BCUT2D eigenvalue weighted by Gasteiger charge is -2.34. The SMILES string of the molecule is COCOC1CCN(C(=O)[C@H](Cc2ccccc2)O[C@@H](C)C(N)=O)CC1. The average molecular weight is 364 g/mol. The maximum Gasteiger partial charge on any atom is 0.252 e. The number of piperidine rings is 1. The minimum atomic E-state index is -0.824. The van der Waals surface area contributed by atoms with Crippen LogP contribution in [-0.4, -0.2) is 62.0 Å². The van der Waals surface area contributed by atoms with Gasteiger partial charge in [-0.1, -0.05) is 30.3 Å². The predicted octanol–water partition coefficient (Wildman–Crippen LogP) is 1.10. The highest BCUT2D eigenvalue weighted by molar-refractivity contribution is 5.83. The van der Waals surface area contributed by atoms with Gasteiger partial charge >= 0.3 is 0 Å². The Morgan fingerprint density at radius 1 is 1.23 bits per heavy atom. The van der Waals surface area contributed by atoms with Gasteiger partial charge < -0.3 is 24.8 Å². The van der Waals surface area contributed by atoms with E-state index < -0.39 is 18.1 Å². The normalized spacial score (nSPS) is 17.7. The standard InChI is InChI=1S/C19H28N2O5/c1-14(18(20)22)26-17(12-15-6-4-3-5-7-15)19(23)21-10-8-16(9-11-21)25-13-24-2/h3-7,14,16-17H,8-13H2,1-2H3,(H2,20,22)/t14-,17-/m0/s1. The molecule has 0 bridgehead atoms. The predicted molar refractivity (Wildman–Crippen MR) is 96.2 cm³/mol. The summed E-state index contributed by atoms with van der Waals surface area (Å²) >= 11 is 0. The maximum atomic E-state index is 13.0. The van der Waals surface area contributed by atoms with Gasteiger partial charge in [0.05, 0.1) is 6.10 Å². The number of ether oxygens (including phenoxy) is 3. The molecule has 1 aromatic rings. The minimum Gasteiger partial charge on any atom is -0.367 e. The first-order chi connectivity index (χ1) is 12.5. The Kier molecular flexibility index (Phi) is 8.03. The van der Waals surface area contributed by atoms with Crippen molar-refractivity contribution in [1.29, 1.82) is 0 Å². The van der Waals surface area contributed by atoms with Crippen molar-refractivity contribution in [2.24, 2.45) is 5.73 Å². The summed E-state index contributed by atoms with van der Waals surface area (Å²) in [6.07, 6.45) is 0.428. The van der Waals surface area contributed by atoms with Crippen LogP contribution in [0.4, 0.5) is 0 Å². The van der Waals surface area contributed by atoms with Crippen LogP contribution < -0.4 is 5.73 Å². The van der Waals surface area contributed by atoms with Crippen LogP contribution >= 0.6 is 0 Å². The molecule has 0 unspecified atom stereocenters. The van der Waals surface area contributed by atoms with Gasteiger partial charge in [-0.05, 0) is 25.3 Å². The van der Waals surface area contributed by atoms with E-state index in [1.807, 2.05) is 30.3 Å². The van der Waals surface area contributed by atoms with Crippen LogP contribution in [0.15, 0.2) is 30.3 Å². The highest BCUT2D eigenvalue weighted by atomic mass is 16.7. The molecule has 2 N–H and O–H groups in total. The first-order valence-corrected chi connectivity index (χ1v) is 8.89. The lowest BCUT2D eigenvalue weighted by molar-refractivity contribution is -0.154. The zero-order chi connectivity index (χ0) is 18.9. The number of nitrogens with zero attached hydrogens (tertiary/aromatic N) is 1. The molecule has 2 amide bonds. The van der Waals surface area contributed by atoms with Crippen LogP contribution in [0.3, 0.4) is 0 Å². The monoisotopic (exact) mass is 364 g/mol. The van der Waals surface area contributed by atoms with Crippen LogP contribution in [-0.2, 0) is 30.2 Å². The third-order valence-corrected chi connectivity index (χ3v) is 4.48. The molecule has 0 aromatic heterocycles. The lowest BCUT2D eigenvalue weighted by atomic mass is 10.0. The zero-order valence-corrected chi connectivity index (χ0v) is 15.4. The first kappa shape index (κ1) is 20.4. The molecule has 26 heavy (non-hydrogen) atoms. The molecule has 144 valence electrons. The van der Waals surface area contributed by atoms with Crippen molar-refractivity contribution in [1.82, 2.24) is 4.90 Å². The Bertz CT molecular complexity index is 573. The van der Waals surface area contributed by atoms with E-state index in [4.69, 9.17) is 19.9 Å². The van der Waals surface area contributed by atoms with Gasteiger partial charge in [0, 0.05) is 26.6 Å². The highest BCUT2D eigenvalue weighted by Gasteiger charge is 2.31. The van der Waals surface area contributed by atoms with E-state index in [0.717, 1.165) is 18.4 Å². The maximum absolute atomic E-state index is 13.0. The van der Waals surface area contributed by atoms with Crippen molar-refractivity contribution in [3.05, 3.63) is 35.9 Å². The second-order valence-electron chi connectivity index (χ2n) is 6.46. The first-order valence-electron chi connectivity index (χ1n) is 8.89. The molecule has 2 atom stereocenters. The molecule has 2 rings (SSSR count). The number of rotatable bonds is 9. The number of benzene rings is 1. The zero-order valence-electron chi connectivity index (χ0n) is 15.4. The molecule has 1 heterocycles. The molecular weight excluding hydrogens is 336 g/mol. The molecule has 1 aliphatic rings. The third-order valence-electron chi connectivity index (χ3n) is 4.48. The number of carbonyl (C=O) groups excluding carboxylic acids is 2. The molecule has 7 heteroatoms. The number of methoxy groups -OCH3 is 1. The van der Waals surface area contributed by atoms with Crippen LogP contribution in [0.25, 0.3) is 0 Å². The molecule has 0 spiro atoms. The molecular formula is C19H28N2O5. The summed E-state index contributed by atoms with van der Waals surface area (Å²) in [5.74, 6) is -0.699. The van der Waals surface area contributed by atoms with Gasteiger partial charge in [0.15, 0.2) is 0 Å². The molecule has 0 aliphatic carbocycles. The van der Waals surface area contributed by atoms with E-state index in [1.54, 1.807) is 18.9 Å². The van der Waals surface area contributed by atoms with Crippen LogP contribution in [0.2, 0.25) is 0 Å². The van der Waals surface area contributed by atoms with Crippen LogP contribution in [0.1, 0.15) is 25.3 Å². The fourth-order valence-corrected chi connectivity index (χ4v) is 2.95. The summed E-state index contributed by atoms with van der Waals surface area (Å²) < 4.78 is 16.2. The van der Waals surface area contributed by atoms with Crippen molar-refractivity contribution in [3.8, 4) is 0 Å².